The van der Waals surface area contributed by atoms with Crippen LogP contribution in [0.1, 0.15) is 18.9 Å². The number of carbonyl (C=O) groups is 2. The second kappa shape index (κ2) is 5.52. The van der Waals surface area contributed by atoms with Gasteiger partial charge in [-0.25, -0.2) is 0 Å². The molecule has 5 nitrogen and oxygen atoms in total. The van der Waals surface area contributed by atoms with Crippen molar-refractivity contribution in [3.8, 4) is 0 Å². The third kappa shape index (κ3) is 2.84. The van der Waals surface area contributed by atoms with Crippen molar-refractivity contribution in [2.75, 3.05) is 0 Å². The fraction of sp³-hybridized carbons (Fsp3) is 0.385. The van der Waals surface area contributed by atoms with Crippen LogP contribution in [-0.2, 0) is 26.1 Å². The highest BCUT2D eigenvalue weighted by atomic mass is 32.2. The summed E-state index contributed by atoms with van der Waals surface area (Å²) in [5.41, 5.74) is 6.14. The van der Waals surface area contributed by atoms with Crippen LogP contribution in [0.3, 0.4) is 0 Å². The van der Waals surface area contributed by atoms with Crippen LogP contribution in [0.4, 0.5) is 0 Å². The number of nitrogens with zero attached hydrogens (tertiary/aromatic N) is 1. The topological polar surface area (TPSA) is 80.5 Å². The Balaban J connectivity index is 2.04. The number of nitrogens with two attached hydrogens (primary N) is 1. The average Bonchev–Trinajstić information content (AvgIpc) is 2.36. The number of carbonyl (C=O) groups excluding carboxylic acids is 2. The summed E-state index contributed by atoms with van der Waals surface area (Å²) in [5.74, 6) is -0.367. The van der Waals surface area contributed by atoms with Crippen LogP contribution in [0.2, 0.25) is 0 Å². The molecule has 2 rings (SSSR count). The van der Waals surface area contributed by atoms with E-state index >= 15 is 0 Å². The average molecular weight is 280 g/mol. The van der Waals surface area contributed by atoms with Crippen molar-refractivity contribution >= 4 is 22.6 Å². The Morgan fingerprint density at radius 2 is 2.11 bits per heavy atom. The number of hydrogen-bond donors (Lipinski definition) is 1. The first-order chi connectivity index (χ1) is 9.00. The van der Waals surface area contributed by atoms with Gasteiger partial charge in [0.2, 0.25) is 11.8 Å². The van der Waals surface area contributed by atoms with E-state index in [2.05, 4.69) is 0 Å². The van der Waals surface area contributed by atoms with Crippen molar-refractivity contribution in [3.05, 3.63) is 35.9 Å². The van der Waals surface area contributed by atoms with Crippen molar-refractivity contribution in [1.82, 2.24) is 4.90 Å². The molecule has 1 saturated heterocycles. The van der Waals surface area contributed by atoms with Gasteiger partial charge in [-0.2, -0.15) is 0 Å². The lowest BCUT2D eigenvalue weighted by Gasteiger charge is -2.42. The largest absolute Gasteiger partial charge is 0.368 e. The van der Waals surface area contributed by atoms with E-state index in [1.165, 1.54) is 4.90 Å². The summed E-state index contributed by atoms with van der Waals surface area (Å²) in [6.07, 6.45) is 0.219. The molecular formula is C13H16N2O3S. The van der Waals surface area contributed by atoms with Gasteiger partial charge < -0.3 is 10.6 Å². The van der Waals surface area contributed by atoms with E-state index in [1.807, 2.05) is 30.3 Å². The molecule has 2 N–H and O–H groups in total. The van der Waals surface area contributed by atoms with Gasteiger partial charge in [-0.15, -0.1) is 0 Å². The van der Waals surface area contributed by atoms with Crippen molar-refractivity contribution in [1.29, 1.82) is 0 Å². The van der Waals surface area contributed by atoms with E-state index in [-0.39, 0.29) is 12.3 Å². The summed E-state index contributed by atoms with van der Waals surface area (Å²) >= 11 is 0. The Bertz CT molecular complexity index is 518. The van der Waals surface area contributed by atoms with E-state index < -0.39 is 28.1 Å². The predicted octanol–water partition coefficient (Wildman–Crippen LogP) is 0.368. The number of primary amides is 1. The normalized spacial score (nSPS) is 21.6. The van der Waals surface area contributed by atoms with E-state index in [0.29, 0.717) is 5.75 Å². The molecule has 0 radical (unpaired) electrons. The van der Waals surface area contributed by atoms with Gasteiger partial charge in [-0.1, -0.05) is 30.3 Å². The molecule has 0 spiro atoms. The van der Waals surface area contributed by atoms with Crippen molar-refractivity contribution < 1.29 is 13.8 Å². The van der Waals surface area contributed by atoms with Gasteiger partial charge in [0.25, 0.3) is 0 Å². The van der Waals surface area contributed by atoms with E-state index in [0.717, 1.165) is 5.56 Å². The third-order valence-corrected chi connectivity index (χ3v) is 4.85. The van der Waals surface area contributed by atoms with Gasteiger partial charge >= 0.3 is 0 Å². The smallest absolute Gasteiger partial charge is 0.239 e. The summed E-state index contributed by atoms with van der Waals surface area (Å²) in [4.78, 5) is 24.0. The number of β-lactam (4-membered cyclic amide) rings is 1. The minimum Gasteiger partial charge on any atom is -0.368 e. The van der Waals surface area contributed by atoms with Crippen LogP contribution in [0.25, 0.3) is 0 Å². The maximum Gasteiger partial charge on any atom is 0.239 e. The summed E-state index contributed by atoms with van der Waals surface area (Å²) in [6, 6.07) is 8.72. The zero-order valence-electron chi connectivity index (χ0n) is 10.6. The van der Waals surface area contributed by atoms with E-state index in [9.17, 15) is 13.8 Å². The number of benzene rings is 1. The van der Waals surface area contributed by atoms with Crippen LogP contribution in [-0.4, -0.2) is 32.3 Å². The Morgan fingerprint density at radius 1 is 1.47 bits per heavy atom. The maximum absolute atomic E-state index is 12.2. The molecule has 1 aliphatic rings. The molecule has 102 valence electrons. The van der Waals surface area contributed by atoms with Crippen molar-refractivity contribution in [2.24, 2.45) is 5.73 Å². The van der Waals surface area contributed by atoms with Gasteiger partial charge in [0.1, 0.15) is 11.4 Å². The highest BCUT2D eigenvalue weighted by Gasteiger charge is 2.44. The molecule has 0 aromatic heterocycles. The molecule has 0 bridgehead atoms. The second-order valence-corrected chi connectivity index (χ2v) is 6.14. The van der Waals surface area contributed by atoms with Gasteiger partial charge in [-0.3, -0.25) is 13.8 Å². The lowest BCUT2D eigenvalue weighted by molar-refractivity contribution is -0.149. The molecule has 0 saturated carbocycles. The first-order valence-electron chi connectivity index (χ1n) is 6.02. The monoisotopic (exact) mass is 280 g/mol. The van der Waals surface area contributed by atoms with Crippen LogP contribution >= 0.6 is 0 Å². The third-order valence-electron chi connectivity index (χ3n) is 3.23. The molecule has 1 aliphatic heterocycles. The van der Waals surface area contributed by atoms with Crippen LogP contribution in [0, 0.1) is 0 Å². The number of likely N-dealkylation sites (tertiary alicyclic amines) is 1. The fourth-order valence-corrected chi connectivity index (χ4v) is 3.65. The SMILES string of the molecule is CC(C(N)=O)N1C(=O)CC1S(=O)Cc1ccccc1. The number of rotatable bonds is 5. The Morgan fingerprint density at radius 3 is 2.63 bits per heavy atom. The van der Waals surface area contributed by atoms with E-state index in [4.69, 9.17) is 5.73 Å². The van der Waals surface area contributed by atoms with Crippen LogP contribution in [0.5, 0.6) is 0 Å². The van der Waals surface area contributed by atoms with Crippen molar-refractivity contribution in [2.45, 2.75) is 30.5 Å². The quantitative estimate of drug-likeness (QED) is 0.791. The van der Waals surface area contributed by atoms with Crippen LogP contribution < -0.4 is 5.73 Å². The molecule has 6 heteroatoms. The Labute approximate surface area is 114 Å². The molecule has 3 unspecified atom stereocenters. The summed E-state index contributed by atoms with van der Waals surface area (Å²) in [6.45, 7) is 1.56. The minimum atomic E-state index is -1.22. The highest BCUT2D eigenvalue weighted by Crippen LogP contribution is 2.26. The molecule has 1 fully saturated rings. The standard InChI is InChI=1S/C13H16N2O3S/c1-9(13(14)17)15-11(16)7-12(15)19(18)8-10-5-3-2-4-6-10/h2-6,9,12H,7-8H2,1H3,(H2,14,17). The number of hydrogen-bond acceptors (Lipinski definition) is 3. The fourth-order valence-electron chi connectivity index (χ4n) is 2.06. The Hall–Kier alpha value is -1.69. The molecular weight excluding hydrogens is 264 g/mol. The first kappa shape index (κ1) is 13.7. The predicted molar refractivity (Wildman–Crippen MR) is 72.2 cm³/mol. The second-order valence-electron chi connectivity index (χ2n) is 4.55. The molecule has 0 aliphatic carbocycles. The van der Waals surface area contributed by atoms with Crippen molar-refractivity contribution in [3.63, 3.8) is 0 Å². The Kier molecular flexibility index (Phi) is 3.99. The van der Waals surface area contributed by atoms with Gasteiger partial charge in [0.15, 0.2) is 0 Å². The van der Waals surface area contributed by atoms with Crippen LogP contribution in [0.15, 0.2) is 30.3 Å². The number of amides is 2. The summed E-state index contributed by atoms with van der Waals surface area (Å²) in [7, 11) is -1.22. The lowest BCUT2D eigenvalue weighted by atomic mass is 10.1. The molecule has 1 aromatic rings. The molecule has 3 atom stereocenters. The highest BCUT2D eigenvalue weighted by molar-refractivity contribution is 7.85. The molecule has 1 heterocycles. The maximum atomic E-state index is 12.2. The summed E-state index contributed by atoms with van der Waals surface area (Å²) in [5, 5.41) is -0.407. The summed E-state index contributed by atoms with van der Waals surface area (Å²) < 4.78 is 12.2. The van der Waals surface area contributed by atoms with Gasteiger partial charge in [0, 0.05) is 10.8 Å². The van der Waals surface area contributed by atoms with Gasteiger partial charge in [-0.05, 0) is 12.5 Å². The lowest BCUT2D eigenvalue weighted by Crippen LogP contribution is -2.61. The molecule has 1 aromatic carbocycles. The van der Waals surface area contributed by atoms with Gasteiger partial charge in [0.05, 0.1) is 12.2 Å². The molecule has 19 heavy (non-hydrogen) atoms. The minimum absolute atomic E-state index is 0.169. The van der Waals surface area contributed by atoms with E-state index in [1.54, 1.807) is 6.92 Å². The molecule has 2 amide bonds. The zero-order valence-corrected chi connectivity index (χ0v) is 11.4. The first-order valence-corrected chi connectivity index (χ1v) is 7.40. The zero-order chi connectivity index (χ0) is 14.0.